The molecular weight excluding hydrogens is 340 g/mol. The molecule has 0 aliphatic carbocycles. The highest BCUT2D eigenvalue weighted by molar-refractivity contribution is 5.97. The number of hydrogen-bond acceptors (Lipinski definition) is 4. The Morgan fingerprint density at radius 2 is 1.70 bits per heavy atom. The lowest BCUT2D eigenvalue weighted by atomic mass is 10.1. The lowest BCUT2D eigenvalue weighted by Gasteiger charge is -2.29. The first kappa shape index (κ1) is 18.9. The number of anilines is 2. The summed E-state index contributed by atoms with van der Waals surface area (Å²) in [6, 6.07) is 11.6. The molecule has 0 unspecified atom stereocenters. The molecule has 3 rings (SSSR count). The minimum atomic E-state index is -0.192. The minimum Gasteiger partial charge on any atom is -0.372 e. The van der Waals surface area contributed by atoms with Gasteiger partial charge in [0.05, 0.1) is 0 Å². The molecule has 2 aromatic rings. The molecule has 0 bridgehead atoms. The zero-order chi connectivity index (χ0) is 19.1. The first-order valence-corrected chi connectivity index (χ1v) is 9.42. The van der Waals surface area contributed by atoms with Gasteiger partial charge in [-0.2, -0.15) is 0 Å². The quantitative estimate of drug-likeness (QED) is 0.854. The highest BCUT2D eigenvalue weighted by Crippen LogP contribution is 2.23. The molecule has 0 atom stereocenters. The molecule has 1 saturated heterocycles. The van der Waals surface area contributed by atoms with Gasteiger partial charge in [0.25, 0.3) is 0 Å². The topological polar surface area (TPSA) is 65.5 Å². The van der Waals surface area contributed by atoms with E-state index >= 15 is 0 Å². The van der Waals surface area contributed by atoms with E-state index in [1.165, 1.54) is 36.8 Å². The number of piperidine rings is 1. The highest BCUT2D eigenvalue weighted by atomic mass is 16.2. The van der Waals surface area contributed by atoms with Crippen molar-refractivity contribution in [1.29, 1.82) is 0 Å². The van der Waals surface area contributed by atoms with E-state index in [0.29, 0.717) is 6.54 Å². The van der Waals surface area contributed by atoms with Gasteiger partial charge in [-0.05, 0) is 61.2 Å². The Morgan fingerprint density at radius 3 is 2.33 bits per heavy atom. The summed E-state index contributed by atoms with van der Waals surface area (Å²) in [6.45, 7) is 4.06. The fourth-order valence-corrected chi connectivity index (χ4v) is 3.28. The van der Waals surface area contributed by atoms with E-state index in [0.717, 1.165) is 24.3 Å². The van der Waals surface area contributed by atoms with E-state index in [2.05, 4.69) is 15.2 Å². The fraction of sp³-hybridized carbons (Fsp3) is 0.381. The molecule has 2 amide bonds. The molecule has 0 spiro atoms. The van der Waals surface area contributed by atoms with Crippen molar-refractivity contribution < 1.29 is 9.59 Å². The number of hydrogen-bond donors (Lipinski definition) is 1. The van der Waals surface area contributed by atoms with Crippen LogP contribution in [-0.4, -0.2) is 36.4 Å². The Labute approximate surface area is 160 Å². The van der Waals surface area contributed by atoms with Gasteiger partial charge in [-0.1, -0.05) is 0 Å². The van der Waals surface area contributed by atoms with Gasteiger partial charge >= 0.3 is 0 Å². The van der Waals surface area contributed by atoms with Crippen molar-refractivity contribution in [2.75, 3.05) is 29.4 Å². The number of nitrogens with zero attached hydrogens (tertiary/aromatic N) is 3. The van der Waals surface area contributed by atoms with E-state index in [1.807, 2.05) is 36.4 Å². The standard InChI is InChI=1S/C21H26N4O2/c1-17(26)25(16-21(27)23-15-18-9-11-22-12-10-18)20-7-5-19(6-8-20)24-13-3-2-4-14-24/h5-12H,2-4,13-16H2,1H3,(H,23,27). The van der Waals surface area contributed by atoms with E-state index in [9.17, 15) is 9.59 Å². The molecule has 142 valence electrons. The predicted octanol–water partition coefficient (Wildman–Crippen LogP) is 2.74. The van der Waals surface area contributed by atoms with Crippen LogP contribution < -0.4 is 15.1 Å². The molecule has 6 heteroatoms. The average molecular weight is 366 g/mol. The summed E-state index contributed by atoms with van der Waals surface area (Å²) in [6.07, 6.45) is 7.11. The zero-order valence-corrected chi connectivity index (χ0v) is 15.7. The van der Waals surface area contributed by atoms with E-state index in [4.69, 9.17) is 0 Å². The van der Waals surface area contributed by atoms with Crippen molar-refractivity contribution in [2.24, 2.45) is 0 Å². The number of pyridine rings is 1. The van der Waals surface area contributed by atoms with Crippen molar-refractivity contribution >= 4 is 23.2 Å². The third-order valence-electron chi connectivity index (χ3n) is 4.80. The lowest BCUT2D eigenvalue weighted by molar-refractivity contribution is -0.123. The van der Waals surface area contributed by atoms with Crippen LogP contribution in [0.4, 0.5) is 11.4 Å². The van der Waals surface area contributed by atoms with Gasteiger partial charge in [-0.3, -0.25) is 14.6 Å². The summed E-state index contributed by atoms with van der Waals surface area (Å²) in [5.41, 5.74) is 2.88. The number of amides is 2. The van der Waals surface area contributed by atoms with Crippen molar-refractivity contribution in [1.82, 2.24) is 10.3 Å². The summed E-state index contributed by atoms with van der Waals surface area (Å²) in [7, 11) is 0. The van der Waals surface area contributed by atoms with Crippen LogP contribution in [0.1, 0.15) is 31.7 Å². The minimum absolute atomic E-state index is 0.00345. The second-order valence-corrected chi connectivity index (χ2v) is 6.80. The number of carbonyl (C=O) groups is 2. The van der Waals surface area contributed by atoms with Gasteiger partial charge in [-0.25, -0.2) is 0 Å². The van der Waals surface area contributed by atoms with Crippen LogP contribution in [0, 0.1) is 0 Å². The maximum Gasteiger partial charge on any atom is 0.240 e. The molecule has 1 aromatic carbocycles. The second kappa shape index (κ2) is 9.16. The first-order chi connectivity index (χ1) is 13.1. The number of benzene rings is 1. The van der Waals surface area contributed by atoms with Gasteiger partial charge in [0.2, 0.25) is 11.8 Å². The SMILES string of the molecule is CC(=O)N(CC(=O)NCc1ccncc1)c1ccc(N2CCCCC2)cc1. The van der Waals surface area contributed by atoms with E-state index in [1.54, 1.807) is 12.4 Å². The Hall–Kier alpha value is -2.89. The monoisotopic (exact) mass is 366 g/mol. The first-order valence-electron chi connectivity index (χ1n) is 9.42. The molecule has 1 aliphatic heterocycles. The van der Waals surface area contributed by atoms with Crippen LogP contribution in [0.15, 0.2) is 48.8 Å². The molecule has 0 radical (unpaired) electrons. The summed E-state index contributed by atoms with van der Waals surface area (Å²) in [4.78, 5) is 32.2. The summed E-state index contributed by atoms with van der Waals surface area (Å²) >= 11 is 0. The normalized spacial score (nSPS) is 13.9. The highest BCUT2D eigenvalue weighted by Gasteiger charge is 2.17. The van der Waals surface area contributed by atoms with Gasteiger partial charge in [-0.15, -0.1) is 0 Å². The Bertz CT molecular complexity index is 756. The maximum absolute atomic E-state index is 12.3. The van der Waals surface area contributed by atoms with Gasteiger partial charge in [0.1, 0.15) is 6.54 Å². The van der Waals surface area contributed by atoms with E-state index in [-0.39, 0.29) is 18.4 Å². The molecule has 1 aromatic heterocycles. The van der Waals surface area contributed by atoms with Crippen molar-refractivity contribution in [3.05, 3.63) is 54.4 Å². The number of aromatic nitrogens is 1. The van der Waals surface area contributed by atoms with Gasteiger partial charge in [0.15, 0.2) is 0 Å². The third kappa shape index (κ3) is 5.29. The molecule has 1 N–H and O–H groups in total. The van der Waals surface area contributed by atoms with Crippen LogP contribution in [0.25, 0.3) is 0 Å². The Morgan fingerprint density at radius 1 is 1.04 bits per heavy atom. The number of nitrogens with one attached hydrogen (secondary N) is 1. The van der Waals surface area contributed by atoms with Crippen LogP contribution in [0.2, 0.25) is 0 Å². The fourth-order valence-electron chi connectivity index (χ4n) is 3.28. The lowest BCUT2D eigenvalue weighted by Crippen LogP contribution is -2.39. The summed E-state index contributed by atoms with van der Waals surface area (Å²) < 4.78 is 0. The van der Waals surface area contributed by atoms with Crippen LogP contribution in [0.3, 0.4) is 0 Å². The largest absolute Gasteiger partial charge is 0.372 e. The summed E-state index contributed by atoms with van der Waals surface area (Å²) in [5.74, 6) is -0.345. The van der Waals surface area contributed by atoms with Gasteiger partial charge in [0, 0.05) is 50.3 Å². The maximum atomic E-state index is 12.3. The summed E-state index contributed by atoms with van der Waals surface area (Å²) in [5, 5.41) is 2.85. The molecule has 2 heterocycles. The van der Waals surface area contributed by atoms with Gasteiger partial charge < -0.3 is 15.1 Å². The molecule has 27 heavy (non-hydrogen) atoms. The molecule has 1 fully saturated rings. The molecule has 1 aliphatic rings. The van der Waals surface area contributed by atoms with E-state index < -0.39 is 0 Å². The van der Waals surface area contributed by atoms with Crippen LogP contribution >= 0.6 is 0 Å². The van der Waals surface area contributed by atoms with Crippen molar-refractivity contribution in [3.63, 3.8) is 0 Å². The predicted molar refractivity (Wildman–Crippen MR) is 107 cm³/mol. The smallest absolute Gasteiger partial charge is 0.240 e. The number of rotatable bonds is 6. The van der Waals surface area contributed by atoms with Crippen molar-refractivity contribution in [2.45, 2.75) is 32.7 Å². The van der Waals surface area contributed by atoms with Crippen LogP contribution in [0.5, 0.6) is 0 Å². The Balaban J connectivity index is 1.60. The second-order valence-electron chi connectivity index (χ2n) is 6.80. The third-order valence-corrected chi connectivity index (χ3v) is 4.80. The van der Waals surface area contributed by atoms with Crippen LogP contribution in [-0.2, 0) is 16.1 Å². The van der Waals surface area contributed by atoms with Crippen molar-refractivity contribution in [3.8, 4) is 0 Å². The molecule has 6 nitrogen and oxygen atoms in total. The number of carbonyl (C=O) groups excluding carboxylic acids is 2. The molecular formula is C21H26N4O2. The Kier molecular flexibility index (Phi) is 6.41. The zero-order valence-electron chi connectivity index (χ0n) is 15.7. The average Bonchev–Trinajstić information content (AvgIpc) is 2.72. The molecule has 0 saturated carbocycles.